The molecule has 0 radical (unpaired) electrons. The summed E-state index contributed by atoms with van der Waals surface area (Å²) in [6.07, 6.45) is 3.37. The highest BCUT2D eigenvalue weighted by Gasteiger charge is 2.49. The highest BCUT2D eigenvalue weighted by Crippen LogP contribution is 2.40. The van der Waals surface area contributed by atoms with Gasteiger partial charge in [0.05, 0.1) is 0 Å². The van der Waals surface area contributed by atoms with Crippen LogP contribution in [0, 0.1) is 0 Å². The zero-order valence-electron chi connectivity index (χ0n) is 19.9. The van der Waals surface area contributed by atoms with Crippen molar-refractivity contribution in [3.63, 3.8) is 0 Å². The first-order chi connectivity index (χ1) is 16.7. The third-order valence-corrected chi connectivity index (χ3v) is 7.37. The standard InChI is InChI=1S/C30H33N3O/c1-24-31-30(27-14-7-3-8-15-27,28-16-9-4-10-17-28)29(34)33(24)21-11-20-32-22-18-26(19-23-32)25-12-5-2-6-13-25/h2-10,12-17,26H,11,18-23H2,1H3. The predicted molar refractivity (Wildman–Crippen MR) is 138 cm³/mol. The van der Waals surface area contributed by atoms with Crippen molar-refractivity contribution in [3.05, 3.63) is 108 Å². The molecule has 2 aliphatic heterocycles. The number of rotatable bonds is 7. The van der Waals surface area contributed by atoms with E-state index >= 15 is 0 Å². The minimum Gasteiger partial charge on any atom is -0.303 e. The molecule has 0 saturated carbocycles. The van der Waals surface area contributed by atoms with Gasteiger partial charge in [0.25, 0.3) is 5.91 Å². The Bertz CT molecular complexity index is 1080. The van der Waals surface area contributed by atoms with Crippen molar-refractivity contribution >= 4 is 11.7 Å². The number of amidine groups is 1. The van der Waals surface area contributed by atoms with Crippen LogP contribution in [0.5, 0.6) is 0 Å². The number of likely N-dealkylation sites (tertiary alicyclic amines) is 1. The molecule has 2 heterocycles. The molecule has 0 N–H and O–H groups in total. The molecule has 174 valence electrons. The van der Waals surface area contributed by atoms with Crippen molar-refractivity contribution in [2.24, 2.45) is 4.99 Å². The van der Waals surface area contributed by atoms with Crippen molar-refractivity contribution in [1.29, 1.82) is 0 Å². The summed E-state index contributed by atoms with van der Waals surface area (Å²) in [7, 11) is 0. The van der Waals surface area contributed by atoms with Gasteiger partial charge in [0.15, 0.2) is 5.54 Å². The molecule has 3 aromatic rings. The molecule has 0 spiro atoms. The average Bonchev–Trinajstić information content (AvgIpc) is 3.16. The normalized spacial score (nSPS) is 18.8. The van der Waals surface area contributed by atoms with Gasteiger partial charge in [-0.15, -0.1) is 0 Å². The van der Waals surface area contributed by atoms with E-state index in [1.807, 2.05) is 72.5 Å². The van der Waals surface area contributed by atoms with Crippen LogP contribution in [-0.4, -0.2) is 47.7 Å². The summed E-state index contributed by atoms with van der Waals surface area (Å²) >= 11 is 0. The van der Waals surface area contributed by atoms with E-state index in [-0.39, 0.29) is 5.91 Å². The number of nitrogens with zero attached hydrogens (tertiary/aromatic N) is 3. The number of hydrogen-bond donors (Lipinski definition) is 0. The van der Waals surface area contributed by atoms with E-state index in [1.54, 1.807) is 0 Å². The van der Waals surface area contributed by atoms with E-state index in [0.717, 1.165) is 43.0 Å². The maximum absolute atomic E-state index is 13.9. The van der Waals surface area contributed by atoms with Gasteiger partial charge in [0.1, 0.15) is 5.84 Å². The highest BCUT2D eigenvalue weighted by molar-refractivity contribution is 6.09. The van der Waals surface area contributed by atoms with Gasteiger partial charge in [-0.3, -0.25) is 9.69 Å². The van der Waals surface area contributed by atoms with E-state index in [2.05, 4.69) is 35.2 Å². The molecule has 1 fully saturated rings. The number of benzene rings is 3. The molecule has 4 heteroatoms. The molecule has 5 rings (SSSR count). The Kier molecular flexibility index (Phi) is 6.59. The molecule has 2 aliphatic rings. The first-order valence-electron chi connectivity index (χ1n) is 12.5. The molecule has 34 heavy (non-hydrogen) atoms. The van der Waals surface area contributed by atoms with E-state index < -0.39 is 5.54 Å². The van der Waals surface area contributed by atoms with Gasteiger partial charge in [-0.1, -0.05) is 91.0 Å². The minimum absolute atomic E-state index is 0.0604. The number of carbonyl (C=O) groups excluding carboxylic acids is 1. The lowest BCUT2D eigenvalue weighted by atomic mass is 9.83. The maximum atomic E-state index is 13.9. The molecule has 1 amide bonds. The van der Waals surface area contributed by atoms with Gasteiger partial charge in [-0.2, -0.15) is 0 Å². The van der Waals surface area contributed by atoms with Gasteiger partial charge in [-0.05, 0) is 68.4 Å². The Hall–Kier alpha value is -3.24. The molecule has 0 aromatic heterocycles. The number of carbonyl (C=O) groups is 1. The van der Waals surface area contributed by atoms with Gasteiger partial charge in [0, 0.05) is 6.54 Å². The molecule has 0 atom stereocenters. The smallest absolute Gasteiger partial charge is 0.265 e. The fourth-order valence-corrected chi connectivity index (χ4v) is 5.53. The molecule has 1 saturated heterocycles. The van der Waals surface area contributed by atoms with Crippen LogP contribution in [0.2, 0.25) is 0 Å². The minimum atomic E-state index is -0.985. The summed E-state index contributed by atoms with van der Waals surface area (Å²) in [5, 5.41) is 0. The van der Waals surface area contributed by atoms with Crippen LogP contribution >= 0.6 is 0 Å². The third-order valence-electron chi connectivity index (χ3n) is 7.37. The van der Waals surface area contributed by atoms with E-state index in [9.17, 15) is 4.79 Å². The first kappa shape index (κ1) is 22.5. The Morgan fingerprint density at radius 1 is 0.794 bits per heavy atom. The van der Waals surface area contributed by atoms with Gasteiger partial charge < -0.3 is 4.90 Å². The van der Waals surface area contributed by atoms with Gasteiger partial charge in [0.2, 0.25) is 0 Å². The van der Waals surface area contributed by atoms with Crippen molar-refractivity contribution in [2.75, 3.05) is 26.2 Å². The topological polar surface area (TPSA) is 35.9 Å². The summed E-state index contributed by atoms with van der Waals surface area (Å²) in [6.45, 7) is 5.93. The number of amides is 1. The summed E-state index contributed by atoms with van der Waals surface area (Å²) in [5.74, 6) is 1.54. The second-order valence-corrected chi connectivity index (χ2v) is 9.44. The largest absolute Gasteiger partial charge is 0.303 e. The lowest BCUT2D eigenvalue weighted by Gasteiger charge is -2.32. The molecule has 0 aliphatic carbocycles. The molecule has 0 bridgehead atoms. The van der Waals surface area contributed by atoms with Crippen molar-refractivity contribution in [1.82, 2.24) is 9.80 Å². The highest BCUT2D eigenvalue weighted by atomic mass is 16.2. The van der Waals surface area contributed by atoms with Crippen LogP contribution in [0.4, 0.5) is 0 Å². The predicted octanol–water partition coefficient (Wildman–Crippen LogP) is 5.46. The zero-order chi connectivity index (χ0) is 23.4. The SMILES string of the molecule is CC1=NC(c2ccccc2)(c2ccccc2)C(=O)N1CCCN1CCC(c2ccccc2)CC1. The lowest BCUT2D eigenvalue weighted by Crippen LogP contribution is -2.42. The quantitative estimate of drug-likeness (QED) is 0.478. The molecule has 3 aromatic carbocycles. The van der Waals surface area contributed by atoms with Crippen LogP contribution in [0.1, 0.15) is 48.8 Å². The van der Waals surface area contributed by atoms with Crippen LogP contribution in [0.15, 0.2) is 96.0 Å². The van der Waals surface area contributed by atoms with E-state index in [4.69, 9.17) is 4.99 Å². The maximum Gasteiger partial charge on any atom is 0.265 e. The second kappa shape index (κ2) is 9.94. The van der Waals surface area contributed by atoms with Gasteiger partial charge in [-0.25, -0.2) is 4.99 Å². The Labute approximate surface area is 202 Å². The van der Waals surface area contributed by atoms with Gasteiger partial charge >= 0.3 is 0 Å². The summed E-state index contributed by atoms with van der Waals surface area (Å²) < 4.78 is 0. The van der Waals surface area contributed by atoms with Crippen LogP contribution in [0.3, 0.4) is 0 Å². The fraction of sp³-hybridized carbons (Fsp3) is 0.333. The summed E-state index contributed by atoms with van der Waals surface area (Å²) in [5.41, 5.74) is 2.34. The van der Waals surface area contributed by atoms with Crippen molar-refractivity contribution in [3.8, 4) is 0 Å². The Morgan fingerprint density at radius 3 is 1.88 bits per heavy atom. The Balaban J connectivity index is 1.24. The van der Waals surface area contributed by atoms with E-state index in [0.29, 0.717) is 12.5 Å². The molecular weight excluding hydrogens is 418 g/mol. The first-order valence-corrected chi connectivity index (χ1v) is 12.5. The monoisotopic (exact) mass is 451 g/mol. The van der Waals surface area contributed by atoms with Crippen LogP contribution in [0.25, 0.3) is 0 Å². The molecule has 4 nitrogen and oxygen atoms in total. The number of hydrogen-bond acceptors (Lipinski definition) is 3. The average molecular weight is 452 g/mol. The fourth-order valence-electron chi connectivity index (χ4n) is 5.53. The number of piperidine rings is 1. The Morgan fingerprint density at radius 2 is 1.32 bits per heavy atom. The lowest BCUT2D eigenvalue weighted by molar-refractivity contribution is -0.130. The third kappa shape index (κ3) is 4.30. The van der Waals surface area contributed by atoms with E-state index in [1.165, 1.54) is 18.4 Å². The van der Waals surface area contributed by atoms with Crippen LogP contribution in [-0.2, 0) is 10.3 Å². The van der Waals surface area contributed by atoms with Crippen molar-refractivity contribution in [2.45, 2.75) is 37.6 Å². The molecular formula is C30H33N3O. The van der Waals surface area contributed by atoms with Crippen LogP contribution < -0.4 is 0 Å². The van der Waals surface area contributed by atoms with Crippen molar-refractivity contribution < 1.29 is 4.79 Å². The molecule has 0 unspecified atom stereocenters. The summed E-state index contributed by atoms with van der Waals surface area (Å²) in [6, 6.07) is 30.9. The number of aliphatic imine (C=N–C) groups is 1. The summed E-state index contributed by atoms with van der Waals surface area (Å²) in [4.78, 5) is 23.4. The second-order valence-electron chi connectivity index (χ2n) is 9.44. The zero-order valence-corrected chi connectivity index (χ0v) is 19.9.